The van der Waals surface area contributed by atoms with Crippen LogP contribution in [0.25, 0.3) is 0 Å². The molecule has 112 valence electrons. The average Bonchev–Trinajstić information content (AvgIpc) is 2.65. The van der Waals surface area contributed by atoms with Crippen LogP contribution in [0.5, 0.6) is 5.75 Å². The number of carbonyl (C=O) groups is 2. The number of hydrogen-bond donors (Lipinski definition) is 1. The fourth-order valence-electron chi connectivity index (χ4n) is 3.01. The molecule has 1 aliphatic carbocycles. The Morgan fingerprint density at radius 3 is 2.59 bits per heavy atom. The van der Waals surface area contributed by atoms with Crippen LogP contribution < -0.4 is 4.74 Å². The first-order valence-corrected chi connectivity index (χ1v) is 7.09. The topological polar surface area (TPSA) is 63.6 Å². The maximum absolute atomic E-state index is 12.8. The first kappa shape index (κ1) is 14.3. The lowest BCUT2D eigenvalue weighted by molar-refractivity contribution is 0.0696. The smallest absolute Gasteiger partial charge is 0.335 e. The normalized spacial score (nSPS) is 13.1. The molecule has 1 aliphatic rings. The zero-order valence-electron chi connectivity index (χ0n) is 12.5. The third-order valence-electron chi connectivity index (χ3n) is 4.17. The van der Waals surface area contributed by atoms with Crippen molar-refractivity contribution in [1.82, 2.24) is 0 Å². The van der Waals surface area contributed by atoms with E-state index in [0.717, 1.165) is 28.9 Å². The van der Waals surface area contributed by atoms with Gasteiger partial charge in [-0.15, -0.1) is 0 Å². The van der Waals surface area contributed by atoms with E-state index in [1.807, 2.05) is 13.0 Å². The zero-order valence-corrected chi connectivity index (χ0v) is 12.5. The van der Waals surface area contributed by atoms with Crippen molar-refractivity contribution in [2.45, 2.75) is 19.8 Å². The van der Waals surface area contributed by atoms with Crippen LogP contribution in [-0.4, -0.2) is 24.0 Å². The van der Waals surface area contributed by atoms with Crippen molar-refractivity contribution in [2.24, 2.45) is 0 Å². The zero-order chi connectivity index (χ0) is 15.9. The quantitative estimate of drug-likeness (QED) is 0.925. The summed E-state index contributed by atoms with van der Waals surface area (Å²) >= 11 is 0. The van der Waals surface area contributed by atoms with Crippen molar-refractivity contribution in [3.63, 3.8) is 0 Å². The lowest BCUT2D eigenvalue weighted by Gasteiger charge is -2.10. The maximum atomic E-state index is 12.8. The second kappa shape index (κ2) is 5.30. The highest BCUT2D eigenvalue weighted by molar-refractivity contribution is 6.12. The van der Waals surface area contributed by atoms with Gasteiger partial charge in [-0.05, 0) is 66.8 Å². The Morgan fingerprint density at radius 2 is 1.91 bits per heavy atom. The Hall–Kier alpha value is -2.62. The fraction of sp³-hybridized carbons (Fsp3) is 0.222. The molecule has 0 aliphatic heterocycles. The molecule has 1 N–H and O–H groups in total. The number of aryl methyl sites for hydroxylation is 2. The van der Waals surface area contributed by atoms with Crippen LogP contribution in [0.2, 0.25) is 0 Å². The number of ether oxygens (including phenoxy) is 1. The average molecular weight is 296 g/mol. The van der Waals surface area contributed by atoms with Crippen LogP contribution in [0.15, 0.2) is 30.3 Å². The summed E-state index contributed by atoms with van der Waals surface area (Å²) in [6, 6.07) is 8.52. The molecule has 2 aromatic carbocycles. The number of carboxylic acids is 1. The van der Waals surface area contributed by atoms with E-state index in [0.29, 0.717) is 17.5 Å². The van der Waals surface area contributed by atoms with E-state index in [4.69, 9.17) is 4.74 Å². The van der Waals surface area contributed by atoms with E-state index < -0.39 is 5.97 Å². The SMILES string of the molecule is COc1ccc2c(c1)CCc1c(C)cc(C(=O)O)cc1C2=O. The molecule has 0 saturated carbocycles. The van der Waals surface area contributed by atoms with Crippen molar-refractivity contribution in [3.05, 3.63) is 63.7 Å². The molecule has 0 bridgehead atoms. The summed E-state index contributed by atoms with van der Waals surface area (Å²) in [4.78, 5) is 24.1. The molecule has 0 unspecified atom stereocenters. The van der Waals surface area contributed by atoms with E-state index >= 15 is 0 Å². The number of benzene rings is 2. The number of methoxy groups -OCH3 is 1. The number of carboxylic acid groups (broad SMARTS) is 1. The predicted octanol–water partition coefficient (Wildman–Crippen LogP) is 3.03. The molecule has 2 aromatic rings. The van der Waals surface area contributed by atoms with Crippen LogP contribution in [0.3, 0.4) is 0 Å². The van der Waals surface area contributed by atoms with Gasteiger partial charge >= 0.3 is 5.97 Å². The van der Waals surface area contributed by atoms with Gasteiger partial charge in [0.05, 0.1) is 12.7 Å². The van der Waals surface area contributed by atoms with Gasteiger partial charge in [-0.25, -0.2) is 4.79 Å². The van der Waals surface area contributed by atoms with Gasteiger partial charge in [-0.1, -0.05) is 0 Å². The molecule has 0 radical (unpaired) electrons. The van der Waals surface area contributed by atoms with Gasteiger partial charge < -0.3 is 9.84 Å². The van der Waals surface area contributed by atoms with Crippen LogP contribution in [-0.2, 0) is 12.8 Å². The summed E-state index contributed by atoms with van der Waals surface area (Å²) in [6.45, 7) is 1.86. The molecule has 0 amide bonds. The third kappa shape index (κ3) is 2.26. The summed E-state index contributed by atoms with van der Waals surface area (Å²) in [5.74, 6) is -0.408. The van der Waals surface area contributed by atoms with Crippen molar-refractivity contribution < 1.29 is 19.4 Å². The van der Waals surface area contributed by atoms with Gasteiger partial charge in [0, 0.05) is 11.1 Å². The second-order valence-corrected chi connectivity index (χ2v) is 5.48. The van der Waals surface area contributed by atoms with Crippen molar-refractivity contribution in [2.75, 3.05) is 7.11 Å². The first-order valence-electron chi connectivity index (χ1n) is 7.09. The van der Waals surface area contributed by atoms with Crippen LogP contribution in [0, 0.1) is 6.92 Å². The molecular formula is C18H16O4. The molecule has 0 saturated heterocycles. The number of rotatable bonds is 2. The summed E-state index contributed by atoms with van der Waals surface area (Å²) in [5, 5.41) is 9.20. The van der Waals surface area contributed by atoms with Gasteiger partial charge in [0.2, 0.25) is 0 Å². The van der Waals surface area contributed by atoms with E-state index in [1.54, 1.807) is 25.3 Å². The minimum absolute atomic E-state index is 0.114. The van der Waals surface area contributed by atoms with E-state index in [1.165, 1.54) is 6.07 Å². The van der Waals surface area contributed by atoms with E-state index in [2.05, 4.69) is 0 Å². The third-order valence-corrected chi connectivity index (χ3v) is 4.17. The number of ketones is 1. The molecule has 22 heavy (non-hydrogen) atoms. The molecule has 0 heterocycles. The molecule has 0 spiro atoms. The Labute approximate surface area is 128 Å². The maximum Gasteiger partial charge on any atom is 0.335 e. The molecule has 4 nitrogen and oxygen atoms in total. The summed E-state index contributed by atoms with van der Waals surface area (Å²) in [5.41, 5.74) is 4.01. The van der Waals surface area contributed by atoms with Crippen molar-refractivity contribution in [3.8, 4) is 5.75 Å². The number of carbonyl (C=O) groups excluding carboxylic acids is 1. The number of aromatic carboxylic acids is 1. The molecular weight excluding hydrogens is 280 g/mol. The summed E-state index contributed by atoms with van der Waals surface area (Å²) < 4.78 is 5.22. The first-order chi connectivity index (χ1) is 10.5. The highest BCUT2D eigenvalue weighted by atomic mass is 16.5. The fourth-order valence-corrected chi connectivity index (χ4v) is 3.01. The second-order valence-electron chi connectivity index (χ2n) is 5.48. The minimum Gasteiger partial charge on any atom is -0.497 e. The van der Waals surface area contributed by atoms with Gasteiger partial charge in [0.15, 0.2) is 5.78 Å². The van der Waals surface area contributed by atoms with E-state index in [-0.39, 0.29) is 11.3 Å². The Kier molecular flexibility index (Phi) is 3.45. The molecule has 3 rings (SSSR count). The van der Waals surface area contributed by atoms with E-state index in [9.17, 15) is 14.7 Å². The Balaban J connectivity index is 2.18. The highest BCUT2D eigenvalue weighted by Gasteiger charge is 2.24. The van der Waals surface area contributed by atoms with Gasteiger partial charge in [-0.3, -0.25) is 4.79 Å². The Morgan fingerprint density at radius 1 is 1.14 bits per heavy atom. The monoisotopic (exact) mass is 296 g/mol. The molecule has 0 atom stereocenters. The van der Waals surface area contributed by atoms with Crippen LogP contribution >= 0.6 is 0 Å². The minimum atomic E-state index is -1.02. The summed E-state index contributed by atoms with van der Waals surface area (Å²) in [6.07, 6.45) is 1.45. The predicted molar refractivity (Wildman–Crippen MR) is 82.0 cm³/mol. The molecule has 0 aromatic heterocycles. The molecule has 4 heteroatoms. The summed E-state index contributed by atoms with van der Waals surface area (Å²) in [7, 11) is 1.60. The van der Waals surface area contributed by atoms with Gasteiger partial charge in [-0.2, -0.15) is 0 Å². The largest absolute Gasteiger partial charge is 0.497 e. The van der Waals surface area contributed by atoms with Gasteiger partial charge in [0.1, 0.15) is 5.75 Å². The van der Waals surface area contributed by atoms with Crippen molar-refractivity contribution >= 4 is 11.8 Å². The van der Waals surface area contributed by atoms with Gasteiger partial charge in [0.25, 0.3) is 0 Å². The van der Waals surface area contributed by atoms with Crippen molar-refractivity contribution in [1.29, 1.82) is 0 Å². The standard InChI is InChI=1S/C18H16O4/c1-10-7-12(18(20)21)9-16-14(10)5-3-11-8-13(22-2)4-6-15(11)17(16)19/h4,6-9H,3,5H2,1-2H3,(H,20,21). The highest BCUT2D eigenvalue weighted by Crippen LogP contribution is 2.29. The lowest BCUT2D eigenvalue weighted by atomic mass is 9.93. The van der Waals surface area contributed by atoms with Crippen LogP contribution in [0.4, 0.5) is 0 Å². The lowest BCUT2D eigenvalue weighted by Crippen LogP contribution is -2.08. The van der Waals surface area contributed by atoms with Crippen LogP contribution in [0.1, 0.15) is 43.0 Å². The molecule has 0 fully saturated rings. The number of hydrogen-bond acceptors (Lipinski definition) is 3. The number of fused-ring (bicyclic) bond motifs is 2. The Bertz CT molecular complexity index is 790.